The number of hydrogen-bond acceptors (Lipinski definition) is 3. The molecule has 19 heavy (non-hydrogen) atoms. The lowest BCUT2D eigenvalue weighted by Crippen LogP contribution is -2.07. The number of aliphatic hydroxyl groups is 1. The summed E-state index contributed by atoms with van der Waals surface area (Å²) >= 11 is 3.18. The van der Waals surface area contributed by atoms with E-state index in [1.54, 1.807) is 0 Å². The van der Waals surface area contributed by atoms with Gasteiger partial charge in [0.05, 0.1) is 23.1 Å². The Morgan fingerprint density at radius 1 is 1.32 bits per heavy atom. The molecule has 0 saturated carbocycles. The van der Waals surface area contributed by atoms with E-state index in [2.05, 4.69) is 26.2 Å². The molecule has 1 N–H and O–H groups in total. The molecule has 0 aliphatic rings. The molecule has 4 nitrogen and oxygen atoms in total. The molecule has 0 aliphatic carbocycles. The summed E-state index contributed by atoms with van der Waals surface area (Å²) in [6.07, 6.45) is -2.63. The number of halogens is 4. The maximum atomic E-state index is 12.6. The lowest BCUT2D eigenvalue weighted by atomic mass is 10.2. The molecule has 0 atom stereocenters. The number of hydrogen-bond donors (Lipinski definition) is 1. The first-order valence-corrected chi connectivity index (χ1v) is 6.10. The van der Waals surface area contributed by atoms with Crippen LogP contribution in [-0.4, -0.2) is 26.7 Å². The van der Waals surface area contributed by atoms with Crippen molar-refractivity contribution in [2.24, 2.45) is 0 Å². The third kappa shape index (κ3) is 3.13. The summed E-state index contributed by atoms with van der Waals surface area (Å²) in [7, 11) is 0. The molecule has 0 unspecified atom stereocenters. The van der Waals surface area contributed by atoms with Crippen LogP contribution < -0.4 is 0 Å². The number of aliphatic hydroxyl groups excluding tert-OH is 1. The van der Waals surface area contributed by atoms with Crippen molar-refractivity contribution < 1.29 is 18.3 Å². The van der Waals surface area contributed by atoms with Crippen LogP contribution in [0.4, 0.5) is 13.2 Å². The topological polar surface area (TPSA) is 50.9 Å². The first kappa shape index (κ1) is 14.0. The van der Waals surface area contributed by atoms with Crippen LogP contribution in [0.2, 0.25) is 0 Å². The molecule has 0 bridgehead atoms. The molecule has 0 saturated heterocycles. The fourth-order valence-corrected chi connectivity index (χ4v) is 1.94. The summed E-state index contributed by atoms with van der Waals surface area (Å²) in [6.45, 7) is -0.0948. The molecule has 2 aromatic rings. The van der Waals surface area contributed by atoms with Gasteiger partial charge in [0.2, 0.25) is 0 Å². The monoisotopic (exact) mass is 335 g/mol. The van der Waals surface area contributed by atoms with Gasteiger partial charge in [0, 0.05) is 17.5 Å². The molecule has 2 rings (SSSR count). The standard InChI is InChI=1S/C11H9BrF3N3O/c12-9-2-1-7(11(13,14)15)5-10(9)18-6-8(3-4-19)16-17-18/h1-2,5-6,19H,3-4H2. The van der Waals surface area contributed by atoms with Gasteiger partial charge in [-0.25, -0.2) is 4.68 Å². The number of benzene rings is 1. The first-order chi connectivity index (χ1) is 8.91. The van der Waals surface area contributed by atoms with Gasteiger partial charge >= 0.3 is 6.18 Å². The quantitative estimate of drug-likeness (QED) is 0.937. The minimum Gasteiger partial charge on any atom is -0.396 e. The van der Waals surface area contributed by atoms with E-state index in [-0.39, 0.29) is 12.3 Å². The molecule has 1 aromatic heterocycles. The van der Waals surface area contributed by atoms with Crippen molar-refractivity contribution in [3.05, 3.63) is 40.1 Å². The van der Waals surface area contributed by atoms with Crippen LogP contribution in [0.25, 0.3) is 5.69 Å². The van der Waals surface area contributed by atoms with Gasteiger partial charge in [0.15, 0.2) is 0 Å². The summed E-state index contributed by atoms with van der Waals surface area (Å²) in [4.78, 5) is 0. The second-order valence-corrected chi connectivity index (χ2v) is 4.65. The van der Waals surface area contributed by atoms with E-state index >= 15 is 0 Å². The van der Waals surface area contributed by atoms with E-state index < -0.39 is 11.7 Å². The number of rotatable bonds is 3. The van der Waals surface area contributed by atoms with Crippen LogP contribution in [-0.2, 0) is 12.6 Å². The van der Waals surface area contributed by atoms with Crippen LogP contribution in [0.3, 0.4) is 0 Å². The average molecular weight is 336 g/mol. The fourth-order valence-electron chi connectivity index (χ4n) is 1.51. The predicted octanol–water partition coefficient (Wildman–Crippen LogP) is 2.58. The highest BCUT2D eigenvalue weighted by Gasteiger charge is 2.31. The van der Waals surface area contributed by atoms with E-state index in [1.807, 2.05) is 0 Å². The molecule has 0 fully saturated rings. The normalized spacial score (nSPS) is 11.8. The highest BCUT2D eigenvalue weighted by Crippen LogP contribution is 2.33. The smallest absolute Gasteiger partial charge is 0.396 e. The summed E-state index contributed by atoms with van der Waals surface area (Å²) in [6, 6.07) is 3.28. The van der Waals surface area contributed by atoms with E-state index in [1.165, 1.54) is 16.9 Å². The highest BCUT2D eigenvalue weighted by molar-refractivity contribution is 9.10. The molecule has 1 aromatic carbocycles. The van der Waals surface area contributed by atoms with Gasteiger partial charge in [-0.15, -0.1) is 5.10 Å². The van der Waals surface area contributed by atoms with Crippen LogP contribution in [0.15, 0.2) is 28.9 Å². The molecule has 0 spiro atoms. The highest BCUT2D eigenvalue weighted by atomic mass is 79.9. The molecule has 0 radical (unpaired) electrons. The zero-order valence-corrected chi connectivity index (χ0v) is 11.1. The minimum absolute atomic E-state index is 0.0948. The lowest BCUT2D eigenvalue weighted by Gasteiger charge is -2.10. The molecular formula is C11H9BrF3N3O. The molecular weight excluding hydrogens is 327 g/mol. The zero-order valence-electron chi connectivity index (χ0n) is 9.52. The lowest BCUT2D eigenvalue weighted by molar-refractivity contribution is -0.137. The molecule has 1 heterocycles. The van der Waals surface area contributed by atoms with Crippen LogP contribution in [0.5, 0.6) is 0 Å². The molecule has 0 aliphatic heterocycles. The Kier molecular flexibility index (Phi) is 3.91. The van der Waals surface area contributed by atoms with Crippen molar-refractivity contribution in [1.82, 2.24) is 15.0 Å². The van der Waals surface area contributed by atoms with Crippen molar-refractivity contribution in [2.45, 2.75) is 12.6 Å². The number of alkyl halides is 3. The van der Waals surface area contributed by atoms with Gasteiger partial charge < -0.3 is 5.11 Å². The zero-order chi connectivity index (χ0) is 14.0. The van der Waals surface area contributed by atoms with Crippen molar-refractivity contribution in [3.8, 4) is 5.69 Å². The van der Waals surface area contributed by atoms with Crippen molar-refractivity contribution in [3.63, 3.8) is 0 Å². The maximum absolute atomic E-state index is 12.6. The average Bonchev–Trinajstić information content (AvgIpc) is 2.77. The van der Waals surface area contributed by atoms with E-state index in [0.717, 1.165) is 12.1 Å². The third-order valence-electron chi connectivity index (χ3n) is 2.43. The van der Waals surface area contributed by atoms with E-state index in [4.69, 9.17) is 5.11 Å². The first-order valence-electron chi connectivity index (χ1n) is 5.31. The largest absolute Gasteiger partial charge is 0.416 e. The van der Waals surface area contributed by atoms with Gasteiger partial charge in [-0.05, 0) is 34.1 Å². The van der Waals surface area contributed by atoms with E-state index in [9.17, 15) is 13.2 Å². The SMILES string of the molecule is OCCc1cn(-c2cc(C(F)(F)F)ccc2Br)nn1. The Labute approximate surface area is 115 Å². The molecule has 102 valence electrons. The van der Waals surface area contributed by atoms with Gasteiger partial charge in [0.1, 0.15) is 0 Å². The number of nitrogens with zero attached hydrogens (tertiary/aromatic N) is 3. The van der Waals surface area contributed by atoms with E-state index in [0.29, 0.717) is 16.6 Å². The van der Waals surface area contributed by atoms with Crippen LogP contribution >= 0.6 is 15.9 Å². The second-order valence-electron chi connectivity index (χ2n) is 3.79. The van der Waals surface area contributed by atoms with Crippen molar-refractivity contribution in [1.29, 1.82) is 0 Å². The Morgan fingerprint density at radius 2 is 2.05 bits per heavy atom. The second kappa shape index (κ2) is 5.30. The third-order valence-corrected chi connectivity index (χ3v) is 3.10. The van der Waals surface area contributed by atoms with Crippen molar-refractivity contribution in [2.75, 3.05) is 6.61 Å². The predicted molar refractivity (Wildman–Crippen MR) is 64.9 cm³/mol. The summed E-state index contributed by atoms with van der Waals surface area (Å²) in [5.74, 6) is 0. The fraction of sp³-hybridized carbons (Fsp3) is 0.273. The molecule has 8 heteroatoms. The van der Waals surface area contributed by atoms with Gasteiger partial charge in [-0.3, -0.25) is 0 Å². The van der Waals surface area contributed by atoms with Crippen LogP contribution in [0, 0.1) is 0 Å². The van der Waals surface area contributed by atoms with Crippen LogP contribution in [0.1, 0.15) is 11.3 Å². The Balaban J connectivity index is 2.42. The Morgan fingerprint density at radius 3 is 2.68 bits per heavy atom. The molecule has 0 amide bonds. The summed E-state index contributed by atoms with van der Waals surface area (Å²) in [5.41, 5.74) is -0.0109. The van der Waals surface area contributed by atoms with Gasteiger partial charge in [-0.1, -0.05) is 5.21 Å². The summed E-state index contributed by atoms with van der Waals surface area (Å²) in [5, 5.41) is 16.3. The van der Waals surface area contributed by atoms with Gasteiger partial charge in [-0.2, -0.15) is 13.2 Å². The maximum Gasteiger partial charge on any atom is 0.416 e. The number of aromatic nitrogens is 3. The van der Waals surface area contributed by atoms with Gasteiger partial charge in [0.25, 0.3) is 0 Å². The summed E-state index contributed by atoms with van der Waals surface area (Å²) < 4.78 is 39.7. The Hall–Kier alpha value is -1.41. The minimum atomic E-state index is -4.41. The Bertz CT molecular complexity index is 583. The van der Waals surface area contributed by atoms with Crippen molar-refractivity contribution >= 4 is 15.9 Å².